The molecule has 0 saturated carbocycles. The van der Waals surface area contributed by atoms with Crippen LogP contribution >= 0.6 is 11.6 Å². The maximum Gasteiger partial charge on any atom is 0.471 e. The summed E-state index contributed by atoms with van der Waals surface area (Å²) in [6.45, 7) is 0. The third-order valence-corrected chi connectivity index (χ3v) is 3.21. The molecule has 3 nitrogen and oxygen atoms in total. The number of halogens is 7. The fraction of sp³-hybridized carbons (Fsp3) is 0.143. The van der Waals surface area contributed by atoms with Crippen LogP contribution in [0.3, 0.4) is 0 Å². The summed E-state index contributed by atoms with van der Waals surface area (Å²) in [5.41, 5.74) is -1.24. The van der Waals surface area contributed by atoms with Crippen LogP contribution in [0.2, 0.25) is 5.15 Å². The Morgan fingerprint density at radius 2 is 1.58 bits per heavy atom. The Balaban J connectivity index is 2.44. The molecule has 2 aromatic rings. The van der Waals surface area contributed by atoms with Gasteiger partial charge in [0.05, 0.1) is 11.3 Å². The number of carbonyl (C=O) groups is 1. The average molecular weight is 369 g/mol. The maximum atomic E-state index is 12.6. The van der Waals surface area contributed by atoms with Crippen LogP contribution in [0.1, 0.15) is 5.56 Å². The lowest BCUT2D eigenvalue weighted by Gasteiger charge is -2.14. The van der Waals surface area contributed by atoms with E-state index in [1.54, 1.807) is 5.32 Å². The van der Waals surface area contributed by atoms with Crippen LogP contribution in [0.5, 0.6) is 0 Å². The van der Waals surface area contributed by atoms with Gasteiger partial charge in [-0.2, -0.15) is 26.3 Å². The molecule has 1 heterocycles. The molecule has 0 bridgehead atoms. The first-order valence-corrected chi connectivity index (χ1v) is 6.58. The largest absolute Gasteiger partial charge is 0.471 e. The van der Waals surface area contributed by atoms with Gasteiger partial charge in [0.2, 0.25) is 0 Å². The second-order valence-corrected chi connectivity index (χ2v) is 4.91. The molecule has 0 saturated heterocycles. The first-order chi connectivity index (χ1) is 11.0. The summed E-state index contributed by atoms with van der Waals surface area (Å²) in [5.74, 6) is -2.27. The Hall–Kier alpha value is -2.29. The van der Waals surface area contributed by atoms with Gasteiger partial charge in [0.1, 0.15) is 0 Å². The van der Waals surface area contributed by atoms with Crippen LogP contribution < -0.4 is 5.32 Å². The number of benzene rings is 1. The van der Waals surface area contributed by atoms with E-state index in [9.17, 15) is 31.1 Å². The fourth-order valence-electron chi connectivity index (χ4n) is 1.82. The molecule has 0 fully saturated rings. The molecule has 0 radical (unpaired) electrons. The summed E-state index contributed by atoms with van der Waals surface area (Å²) in [5, 5.41) is 1.16. The maximum absolute atomic E-state index is 12.6. The van der Waals surface area contributed by atoms with Crippen molar-refractivity contribution in [3.8, 4) is 11.1 Å². The summed E-state index contributed by atoms with van der Waals surface area (Å²) in [7, 11) is 0. The standard InChI is InChI=1S/C14H7ClF6N2O/c15-11-10(23-12(24)14(19,20)21)9(5-6-22-11)7-1-3-8(4-2-7)13(16,17)18/h1-6H,(H,23,24). The molecular weight excluding hydrogens is 362 g/mol. The third-order valence-electron chi connectivity index (χ3n) is 2.92. The molecular formula is C14H7ClF6N2O. The first kappa shape index (κ1) is 18.1. The molecule has 1 amide bonds. The van der Waals surface area contributed by atoms with E-state index in [-0.39, 0.29) is 11.1 Å². The molecule has 0 aliphatic heterocycles. The molecule has 1 N–H and O–H groups in total. The molecule has 0 aliphatic carbocycles. The van der Waals surface area contributed by atoms with E-state index >= 15 is 0 Å². The quantitative estimate of drug-likeness (QED) is 0.604. The molecule has 128 valence electrons. The lowest BCUT2D eigenvalue weighted by Crippen LogP contribution is -2.30. The number of alkyl halides is 6. The lowest BCUT2D eigenvalue weighted by atomic mass is 10.0. The van der Waals surface area contributed by atoms with E-state index in [2.05, 4.69) is 4.98 Å². The van der Waals surface area contributed by atoms with Crippen LogP contribution in [0.4, 0.5) is 32.0 Å². The minimum absolute atomic E-state index is 0.00123. The van der Waals surface area contributed by atoms with Crippen molar-refractivity contribution in [1.29, 1.82) is 0 Å². The summed E-state index contributed by atoms with van der Waals surface area (Å²) in [6.07, 6.45) is -8.56. The second kappa shape index (κ2) is 6.31. The molecule has 1 aromatic carbocycles. The zero-order valence-corrected chi connectivity index (χ0v) is 12.2. The van der Waals surface area contributed by atoms with Gasteiger partial charge in [-0.05, 0) is 23.8 Å². The number of nitrogens with one attached hydrogen (secondary N) is 1. The number of aromatic nitrogens is 1. The van der Waals surface area contributed by atoms with Crippen molar-refractivity contribution < 1.29 is 31.1 Å². The van der Waals surface area contributed by atoms with Crippen molar-refractivity contribution in [2.75, 3.05) is 5.32 Å². The van der Waals surface area contributed by atoms with Crippen molar-refractivity contribution in [3.05, 3.63) is 47.2 Å². The van der Waals surface area contributed by atoms with Gasteiger partial charge in [-0.15, -0.1) is 0 Å². The first-order valence-electron chi connectivity index (χ1n) is 6.20. The van der Waals surface area contributed by atoms with E-state index in [0.29, 0.717) is 0 Å². The number of hydrogen-bond donors (Lipinski definition) is 1. The van der Waals surface area contributed by atoms with Crippen LogP contribution in [-0.2, 0) is 11.0 Å². The smallest absolute Gasteiger partial charge is 0.315 e. The van der Waals surface area contributed by atoms with Crippen molar-refractivity contribution in [2.45, 2.75) is 12.4 Å². The topological polar surface area (TPSA) is 42.0 Å². The van der Waals surface area contributed by atoms with Crippen LogP contribution in [-0.4, -0.2) is 17.1 Å². The highest BCUT2D eigenvalue weighted by Crippen LogP contribution is 2.36. The van der Waals surface area contributed by atoms with Gasteiger partial charge in [0.15, 0.2) is 5.15 Å². The number of nitrogens with zero attached hydrogens (tertiary/aromatic N) is 1. The third kappa shape index (κ3) is 3.97. The highest BCUT2D eigenvalue weighted by atomic mass is 35.5. The van der Waals surface area contributed by atoms with Gasteiger partial charge < -0.3 is 5.32 Å². The minimum Gasteiger partial charge on any atom is -0.315 e. The van der Waals surface area contributed by atoms with Gasteiger partial charge in [0, 0.05) is 11.8 Å². The van der Waals surface area contributed by atoms with Crippen LogP contribution in [0.25, 0.3) is 11.1 Å². The van der Waals surface area contributed by atoms with Crippen LogP contribution in [0.15, 0.2) is 36.5 Å². The number of anilines is 1. The number of rotatable bonds is 2. The van der Waals surface area contributed by atoms with E-state index in [1.165, 1.54) is 6.07 Å². The van der Waals surface area contributed by atoms with Crippen molar-refractivity contribution in [3.63, 3.8) is 0 Å². The highest BCUT2D eigenvalue weighted by molar-refractivity contribution is 6.33. The molecule has 0 unspecified atom stereocenters. The molecule has 24 heavy (non-hydrogen) atoms. The monoisotopic (exact) mass is 368 g/mol. The zero-order valence-electron chi connectivity index (χ0n) is 11.5. The van der Waals surface area contributed by atoms with Crippen molar-refractivity contribution in [2.24, 2.45) is 0 Å². The molecule has 1 aromatic heterocycles. The van der Waals surface area contributed by atoms with Crippen molar-refractivity contribution in [1.82, 2.24) is 4.98 Å². The molecule has 0 spiro atoms. The summed E-state index contributed by atoms with van der Waals surface area (Å²) >= 11 is 5.70. The number of hydrogen-bond acceptors (Lipinski definition) is 2. The van der Waals surface area contributed by atoms with Gasteiger partial charge in [0.25, 0.3) is 0 Å². The number of amides is 1. The number of carbonyl (C=O) groups excluding carboxylic acids is 1. The van der Waals surface area contributed by atoms with Gasteiger partial charge in [-0.25, -0.2) is 4.98 Å². The highest BCUT2D eigenvalue weighted by Gasteiger charge is 2.39. The predicted molar refractivity (Wildman–Crippen MR) is 74.4 cm³/mol. The van der Waals surface area contributed by atoms with E-state index in [0.717, 1.165) is 30.5 Å². The Morgan fingerprint density at radius 3 is 2.08 bits per heavy atom. The predicted octanol–water partition coefficient (Wildman–Crippen LogP) is 4.92. The SMILES string of the molecule is O=C(Nc1c(-c2ccc(C(F)(F)F)cc2)ccnc1Cl)C(F)(F)F. The molecule has 0 atom stereocenters. The summed E-state index contributed by atoms with van der Waals surface area (Å²) in [6, 6.07) is 4.86. The Morgan fingerprint density at radius 1 is 1.00 bits per heavy atom. The Labute approximate surface area is 136 Å². The normalized spacial score (nSPS) is 12.1. The van der Waals surface area contributed by atoms with Crippen molar-refractivity contribution >= 4 is 23.2 Å². The molecule has 2 rings (SSSR count). The van der Waals surface area contributed by atoms with Gasteiger partial charge >= 0.3 is 18.3 Å². The fourth-order valence-corrected chi connectivity index (χ4v) is 2.02. The average Bonchev–Trinajstić information content (AvgIpc) is 2.47. The lowest BCUT2D eigenvalue weighted by molar-refractivity contribution is -0.167. The van der Waals surface area contributed by atoms with Crippen LogP contribution in [0, 0.1) is 0 Å². The Kier molecular flexibility index (Phi) is 4.75. The van der Waals surface area contributed by atoms with Gasteiger partial charge in [-0.3, -0.25) is 4.79 Å². The second-order valence-electron chi connectivity index (χ2n) is 4.55. The summed E-state index contributed by atoms with van der Waals surface area (Å²) in [4.78, 5) is 14.6. The zero-order chi connectivity index (χ0) is 18.1. The molecule has 0 aliphatic rings. The summed E-state index contributed by atoms with van der Waals surface area (Å²) < 4.78 is 74.8. The number of pyridine rings is 1. The van der Waals surface area contributed by atoms with E-state index in [4.69, 9.17) is 11.6 Å². The minimum atomic E-state index is -5.16. The van der Waals surface area contributed by atoms with E-state index in [1.807, 2.05) is 0 Å². The van der Waals surface area contributed by atoms with Gasteiger partial charge in [-0.1, -0.05) is 23.7 Å². The molecule has 10 heteroatoms. The van der Waals surface area contributed by atoms with E-state index < -0.39 is 34.7 Å². The Bertz CT molecular complexity index is 755.